The molecule has 1 aliphatic heterocycles. The third-order valence-corrected chi connectivity index (χ3v) is 4.91. The molecule has 0 amide bonds. The molecule has 0 bridgehead atoms. The minimum absolute atomic E-state index is 0.183. The van der Waals surface area contributed by atoms with E-state index in [1.807, 2.05) is 12.1 Å². The molecule has 0 aromatic carbocycles. The second-order valence-corrected chi connectivity index (χ2v) is 6.25. The lowest BCUT2D eigenvalue weighted by Gasteiger charge is -2.35. The van der Waals surface area contributed by atoms with Crippen molar-refractivity contribution in [3.63, 3.8) is 0 Å². The van der Waals surface area contributed by atoms with Crippen molar-refractivity contribution in [2.45, 2.75) is 6.92 Å². The number of hydrogen-bond acceptors (Lipinski definition) is 4. The number of anilines is 1. The summed E-state index contributed by atoms with van der Waals surface area (Å²) >= 11 is 0. The highest BCUT2D eigenvalue weighted by molar-refractivity contribution is 7.89. The van der Waals surface area contributed by atoms with Gasteiger partial charge in [0.25, 0.3) is 0 Å². The minimum Gasteiger partial charge on any atom is -0.369 e. The quantitative estimate of drug-likeness (QED) is 0.791. The van der Waals surface area contributed by atoms with Gasteiger partial charge in [-0.15, -0.1) is 0 Å². The van der Waals surface area contributed by atoms with Gasteiger partial charge in [-0.05, 0) is 19.1 Å². The van der Waals surface area contributed by atoms with Gasteiger partial charge in [0.05, 0.1) is 5.75 Å². The van der Waals surface area contributed by atoms with Crippen LogP contribution in [0.4, 0.5) is 5.69 Å². The summed E-state index contributed by atoms with van der Waals surface area (Å²) in [6.07, 6.45) is 3.51. The standard InChI is InChI=1S/C11H17N3O2S/c1-2-17(15,16)14-9-7-13(8-10-14)11-3-5-12-6-4-11/h3-6H,2,7-10H2,1H3. The molecule has 1 fully saturated rings. The summed E-state index contributed by atoms with van der Waals surface area (Å²) in [6, 6.07) is 3.90. The summed E-state index contributed by atoms with van der Waals surface area (Å²) in [4.78, 5) is 6.16. The normalized spacial score (nSPS) is 18.3. The number of piperazine rings is 1. The predicted molar refractivity (Wildman–Crippen MR) is 67.5 cm³/mol. The van der Waals surface area contributed by atoms with Gasteiger partial charge < -0.3 is 4.90 Å². The Labute approximate surface area is 102 Å². The van der Waals surface area contributed by atoms with Crippen molar-refractivity contribution in [3.05, 3.63) is 24.5 Å². The Bertz CT molecular complexity index is 453. The lowest BCUT2D eigenvalue weighted by Crippen LogP contribution is -2.49. The molecule has 0 unspecified atom stereocenters. The van der Waals surface area contributed by atoms with Gasteiger partial charge in [0.15, 0.2) is 0 Å². The zero-order chi connectivity index (χ0) is 12.3. The Kier molecular flexibility index (Phi) is 3.63. The fourth-order valence-electron chi connectivity index (χ4n) is 1.96. The maximum atomic E-state index is 11.7. The van der Waals surface area contributed by atoms with Gasteiger partial charge in [0.1, 0.15) is 0 Å². The Balaban J connectivity index is 2.00. The Morgan fingerprint density at radius 1 is 1.18 bits per heavy atom. The van der Waals surface area contributed by atoms with Crippen LogP contribution in [0.5, 0.6) is 0 Å². The summed E-state index contributed by atoms with van der Waals surface area (Å²) < 4.78 is 25.0. The maximum absolute atomic E-state index is 11.7. The molecule has 0 radical (unpaired) electrons. The smallest absolute Gasteiger partial charge is 0.213 e. The lowest BCUT2D eigenvalue weighted by atomic mass is 10.3. The van der Waals surface area contributed by atoms with Crippen LogP contribution in [0.15, 0.2) is 24.5 Å². The Hall–Kier alpha value is -1.14. The van der Waals surface area contributed by atoms with Crippen LogP contribution in [-0.4, -0.2) is 49.6 Å². The molecule has 1 aromatic heterocycles. The molecule has 17 heavy (non-hydrogen) atoms. The van der Waals surface area contributed by atoms with Crippen molar-refractivity contribution in [2.75, 3.05) is 36.8 Å². The number of nitrogens with zero attached hydrogens (tertiary/aromatic N) is 3. The zero-order valence-electron chi connectivity index (χ0n) is 9.91. The Morgan fingerprint density at radius 3 is 2.29 bits per heavy atom. The second-order valence-electron chi connectivity index (χ2n) is 3.99. The molecule has 0 saturated carbocycles. The van der Waals surface area contributed by atoms with Crippen LogP contribution in [0.3, 0.4) is 0 Å². The highest BCUT2D eigenvalue weighted by Gasteiger charge is 2.25. The van der Waals surface area contributed by atoms with E-state index in [0.717, 1.165) is 18.8 Å². The summed E-state index contributed by atoms with van der Waals surface area (Å²) in [6.45, 7) is 4.30. The van der Waals surface area contributed by atoms with Crippen LogP contribution in [-0.2, 0) is 10.0 Å². The van der Waals surface area contributed by atoms with Crippen LogP contribution in [0.25, 0.3) is 0 Å². The number of pyridine rings is 1. The van der Waals surface area contributed by atoms with Crippen LogP contribution in [0.2, 0.25) is 0 Å². The third-order valence-electron chi connectivity index (χ3n) is 3.02. The van der Waals surface area contributed by atoms with E-state index in [2.05, 4.69) is 9.88 Å². The van der Waals surface area contributed by atoms with Gasteiger partial charge >= 0.3 is 0 Å². The van der Waals surface area contributed by atoms with Crippen molar-refractivity contribution < 1.29 is 8.42 Å². The van der Waals surface area contributed by atoms with Crippen LogP contribution < -0.4 is 4.90 Å². The molecule has 0 atom stereocenters. The zero-order valence-corrected chi connectivity index (χ0v) is 10.7. The average molecular weight is 255 g/mol. The highest BCUT2D eigenvalue weighted by Crippen LogP contribution is 2.16. The highest BCUT2D eigenvalue weighted by atomic mass is 32.2. The minimum atomic E-state index is -3.03. The lowest BCUT2D eigenvalue weighted by molar-refractivity contribution is 0.385. The molecule has 1 saturated heterocycles. The molecule has 6 heteroatoms. The monoisotopic (exact) mass is 255 g/mol. The van der Waals surface area contributed by atoms with Crippen molar-refractivity contribution in [3.8, 4) is 0 Å². The molecular formula is C11H17N3O2S. The SMILES string of the molecule is CCS(=O)(=O)N1CCN(c2ccncc2)CC1. The largest absolute Gasteiger partial charge is 0.369 e. The molecule has 0 aliphatic carbocycles. The van der Waals surface area contributed by atoms with Gasteiger partial charge in [-0.2, -0.15) is 4.31 Å². The van der Waals surface area contributed by atoms with Crippen LogP contribution in [0.1, 0.15) is 6.92 Å². The Morgan fingerprint density at radius 2 is 1.76 bits per heavy atom. The first-order valence-electron chi connectivity index (χ1n) is 5.76. The summed E-state index contributed by atoms with van der Waals surface area (Å²) in [5.41, 5.74) is 1.11. The number of rotatable bonds is 3. The fourth-order valence-corrected chi connectivity index (χ4v) is 3.05. The van der Waals surface area contributed by atoms with Crippen molar-refractivity contribution in [1.29, 1.82) is 0 Å². The van der Waals surface area contributed by atoms with Crippen LogP contribution >= 0.6 is 0 Å². The summed E-state index contributed by atoms with van der Waals surface area (Å²) in [5, 5.41) is 0. The molecule has 0 spiro atoms. The molecule has 1 aromatic rings. The summed E-state index contributed by atoms with van der Waals surface area (Å²) in [5.74, 6) is 0.183. The van der Waals surface area contributed by atoms with E-state index in [0.29, 0.717) is 13.1 Å². The molecular weight excluding hydrogens is 238 g/mol. The van der Waals surface area contributed by atoms with Gasteiger partial charge in [0, 0.05) is 44.3 Å². The molecule has 2 rings (SSSR count). The molecule has 94 valence electrons. The fraction of sp³-hybridized carbons (Fsp3) is 0.545. The van der Waals surface area contributed by atoms with Crippen molar-refractivity contribution in [1.82, 2.24) is 9.29 Å². The van der Waals surface area contributed by atoms with E-state index < -0.39 is 10.0 Å². The molecule has 5 nitrogen and oxygen atoms in total. The van der Waals surface area contributed by atoms with E-state index in [9.17, 15) is 8.42 Å². The van der Waals surface area contributed by atoms with E-state index in [4.69, 9.17) is 0 Å². The van der Waals surface area contributed by atoms with E-state index in [1.54, 1.807) is 23.6 Å². The first-order valence-corrected chi connectivity index (χ1v) is 7.37. The summed E-state index contributed by atoms with van der Waals surface area (Å²) in [7, 11) is -3.03. The average Bonchev–Trinajstić information content (AvgIpc) is 2.40. The van der Waals surface area contributed by atoms with Crippen LogP contribution in [0, 0.1) is 0 Å². The van der Waals surface area contributed by atoms with E-state index in [1.165, 1.54) is 0 Å². The van der Waals surface area contributed by atoms with Gasteiger partial charge in [-0.1, -0.05) is 0 Å². The number of hydrogen-bond donors (Lipinski definition) is 0. The van der Waals surface area contributed by atoms with Gasteiger partial charge in [-0.25, -0.2) is 8.42 Å². The van der Waals surface area contributed by atoms with Crippen molar-refractivity contribution in [2.24, 2.45) is 0 Å². The topological polar surface area (TPSA) is 53.5 Å². The van der Waals surface area contributed by atoms with Gasteiger partial charge in [-0.3, -0.25) is 4.98 Å². The first-order chi connectivity index (χ1) is 8.13. The predicted octanol–water partition coefficient (Wildman–Crippen LogP) is 0.553. The molecule has 0 N–H and O–H groups in total. The van der Waals surface area contributed by atoms with Crippen molar-refractivity contribution >= 4 is 15.7 Å². The molecule has 1 aliphatic rings. The molecule has 2 heterocycles. The van der Waals surface area contributed by atoms with E-state index in [-0.39, 0.29) is 5.75 Å². The van der Waals surface area contributed by atoms with E-state index >= 15 is 0 Å². The number of sulfonamides is 1. The van der Waals surface area contributed by atoms with Gasteiger partial charge in [0.2, 0.25) is 10.0 Å². The maximum Gasteiger partial charge on any atom is 0.213 e. The second kappa shape index (κ2) is 5.01. The third kappa shape index (κ3) is 2.76. The first kappa shape index (κ1) is 12.3. The number of aromatic nitrogens is 1.